The van der Waals surface area contributed by atoms with E-state index in [4.69, 9.17) is 16.3 Å². The van der Waals surface area contributed by atoms with Crippen LogP contribution in [0.15, 0.2) is 47.4 Å². The molecule has 0 radical (unpaired) electrons. The van der Waals surface area contributed by atoms with Crippen molar-refractivity contribution in [3.05, 3.63) is 63.5 Å². The van der Waals surface area contributed by atoms with Gasteiger partial charge in [-0.15, -0.1) is 0 Å². The van der Waals surface area contributed by atoms with E-state index in [1.165, 1.54) is 23.4 Å². The van der Waals surface area contributed by atoms with Crippen LogP contribution in [0.25, 0.3) is 6.08 Å². The second-order valence-electron chi connectivity index (χ2n) is 7.35. The van der Waals surface area contributed by atoms with Gasteiger partial charge in [-0.25, -0.2) is 0 Å². The molecule has 0 N–H and O–H groups in total. The van der Waals surface area contributed by atoms with Gasteiger partial charge in [0.05, 0.1) is 16.5 Å². The Morgan fingerprint density at radius 3 is 2.63 bits per heavy atom. The molecule has 7 heteroatoms. The lowest BCUT2D eigenvalue weighted by molar-refractivity contribution is -0.123. The molecule has 30 heavy (non-hydrogen) atoms. The summed E-state index contributed by atoms with van der Waals surface area (Å²) < 4.78 is 5.62. The van der Waals surface area contributed by atoms with Crippen molar-refractivity contribution in [2.24, 2.45) is 0 Å². The van der Waals surface area contributed by atoms with E-state index in [-0.39, 0.29) is 24.3 Å². The van der Waals surface area contributed by atoms with E-state index in [0.29, 0.717) is 15.7 Å². The molecular weight excluding hydrogens is 420 g/mol. The summed E-state index contributed by atoms with van der Waals surface area (Å²) >= 11 is 7.04. The Bertz CT molecular complexity index is 1000. The Kier molecular flexibility index (Phi) is 6.35. The number of thioether (sulfide) groups is 1. The average Bonchev–Trinajstić information content (AvgIpc) is 3.35. The van der Waals surface area contributed by atoms with E-state index in [1.807, 2.05) is 31.2 Å². The monoisotopic (exact) mass is 442 g/mol. The van der Waals surface area contributed by atoms with Gasteiger partial charge in [0.2, 0.25) is 0 Å². The maximum absolute atomic E-state index is 12.7. The van der Waals surface area contributed by atoms with Gasteiger partial charge in [-0.2, -0.15) is 0 Å². The SMILES string of the molecule is Cc1cc(N2CCCC2)ccc1/C=C1\SC(=O)N(CCOc2ccccc2Cl)C1=O. The number of rotatable bonds is 6. The third kappa shape index (κ3) is 4.50. The van der Waals surface area contributed by atoms with E-state index in [2.05, 4.69) is 17.0 Å². The third-order valence-corrected chi connectivity index (χ3v) is 6.51. The fraction of sp³-hybridized carbons (Fsp3) is 0.304. The fourth-order valence-electron chi connectivity index (χ4n) is 3.64. The zero-order valence-electron chi connectivity index (χ0n) is 16.8. The molecule has 2 fully saturated rings. The quantitative estimate of drug-likeness (QED) is 0.563. The van der Waals surface area contributed by atoms with Crippen LogP contribution in [0.2, 0.25) is 5.02 Å². The van der Waals surface area contributed by atoms with Gasteiger partial charge in [-0.05, 0) is 73.0 Å². The van der Waals surface area contributed by atoms with Crippen LogP contribution >= 0.6 is 23.4 Å². The van der Waals surface area contributed by atoms with Crippen LogP contribution in [0.3, 0.4) is 0 Å². The fourth-order valence-corrected chi connectivity index (χ4v) is 4.68. The number of ether oxygens (including phenoxy) is 1. The van der Waals surface area contributed by atoms with Crippen LogP contribution < -0.4 is 9.64 Å². The van der Waals surface area contributed by atoms with Gasteiger partial charge >= 0.3 is 0 Å². The average molecular weight is 443 g/mol. The normalized spacial score (nSPS) is 18.0. The summed E-state index contributed by atoms with van der Waals surface area (Å²) in [5, 5.41) is 0.222. The number of aryl methyl sites for hydroxylation is 1. The van der Waals surface area contributed by atoms with Gasteiger partial charge in [0.25, 0.3) is 11.1 Å². The van der Waals surface area contributed by atoms with Crippen molar-refractivity contribution >= 4 is 46.3 Å². The summed E-state index contributed by atoms with van der Waals surface area (Å²) in [5.41, 5.74) is 3.26. The van der Waals surface area contributed by atoms with Crippen LogP contribution in [-0.4, -0.2) is 42.3 Å². The molecule has 0 aliphatic carbocycles. The van der Waals surface area contributed by atoms with Crippen molar-refractivity contribution in [2.45, 2.75) is 19.8 Å². The molecule has 2 saturated heterocycles. The van der Waals surface area contributed by atoms with Gasteiger partial charge in [0.15, 0.2) is 0 Å². The van der Waals surface area contributed by atoms with Gasteiger partial charge in [0, 0.05) is 18.8 Å². The van der Waals surface area contributed by atoms with Gasteiger partial charge < -0.3 is 9.64 Å². The molecule has 2 aromatic carbocycles. The summed E-state index contributed by atoms with van der Waals surface area (Å²) in [6, 6.07) is 13.4. The predicted molar refractivity (Wildman–Crippen MR) is 122 cm³/mol. The Labute approximate surface area is 185 Å². The Morgan fingerprint density at radius 2 is 1.90 bits per heavy atom. The number of benzene rings is 2. The van der Waals surface area contributed by atoms with E-state index in [1.54, 1.807) is 12.1 Å². The van der Waals surface area contributed by atoms with E-state index < -0.39 is 0 Å². The summed E-state index contributed by atoms with van der Waals surface area (Å²) in [4.78, 5) is 29.1. The first-order valence-electron chi connectivity index (χ1n) is 10.0. The Morgan fingerprint density at radius 1 is 1.13 bits per heavy atom. The number of halogens is 1. The molecule has 0 saturated carbocycles. The van der Waals surface area contributed by atoms with Gasteiger partial charge in [-0.3, -0.25) is 14.5 Å². The molecule has 0 unspecified atom stereocenters. The topological polar surface area (TPSA) is 49.9 Å². The van der Waals surface area contributed by atoms with Crippen LogP contribution in [0, 0.1) is 6.92 Å². The lowest BCUT2D eigenvalue weighted by Crippen LogP contribution is -2.32. The summed E-state index contributed by atoms with van der Waals surface area (Å²) in [7, 11) is 0. The Balaban J connectivity index is 1.41. The number of carbonyl (C=O) groups excluding carboxylic acids is 2. The molecule has 2 amide bonds. The van der Waals surface area contributed by atoms with Gasteiger partial charge in [0.1, 0.15) is 12.4 Å². The highest BCUT2D eigenvalue weighted by molar-refractivity contribution is 8.18. The minimum Gasteiger partial charge on any atom is -0.490 e. The first-order chi connectivity index (χ1) is 14.5. The summed E-state index contributed by atoms with van der Waals surface area (Å²) in [5.74, 6) is 0.256. The number of imide groups is 1. The second-order valence-corrected chi connectivity index (χ2v) is 8.75. The Hall–Kier alpha value is -2.44. The number of amides is 2. The summed E-state index contributed by atoms with van der Waals surface area (Å²) in [6.07, 6.45) is 4.27. The van der Waals surface area contributed by atoms with Crippen molar-refractivity contribution in [1.82, 2.24) is 4.90 Å². The molecule has 0 atom stereocenters. The minimum absolute atomic E-state index is 0.181. The smallest absolute Gasteiger partial charge is 0.293 e. The van der Waals surface area contributed by atoms with Crippen molar-refractivity contribution in [1.29, 1.82) is 0 Å². The first-order valence-corrected chi connectivity index (χ1v) is 11.2. The number of anilines is 1. The van der Waals surface area contributed by atoms with Crippen LogP contribution in [0.5, 0.6) is 5.75 Å². The highest BCUT2D eigenvalue weighted by Crippen LogP contribution is 2.33. The predicted octanol–water partition coefficient (Wildman–Crippen LogP) is 5.36. The van der Waals surface area contributed by atoms with Crippen molar-refractivity contribution in [3.63, 3.8) is 0 Å². The molecule has 2 heterocycles. The second kappa shape index (κ2) is 9.14. The standard InChI is InChI=1S/C23H23ClN2O3S/c1-16-14-18(25-10-4-5-11-25)9-8-17(16)15-21-22(27)26(23(28)30-21)12-13-29-20-7-3-2-6-19(20)24/h2-3,6-9,14-15H,4-5,10-13H2,1H3/b21-15-. The van der Waals surface area contributed by atoms with Crippen molar-refractivity contribution in [2.75, 3.05) is 31.1 Å². The highest BCUT2D eigenvalue weighted by atomic mass is 35.5. The van der Waals surface area contributed by atoms with Crippen molar-refractivity contribution < 1.29 is 14.3 Å². The molecule has 156 valence electrons. The lowest BCUT2D eigenvalue weighted by atomic mass is 10.1. The molecule has 2 aliphatic rings. The zero-order valence-corrected chi connectivity index (χ0v) is 18.3. The maximum atomic E-state index is 12.7. The molecule has 2 aliphatic heterocycles. The van der Waals surface area contributed by atoms with Crippen LogP contribution in [0.4, 0.5) is 10.5 Å². The van der Waals surface area contributed by atoms with Crippen molar-refractivity contribution in [3.8, 4) is 5.75 Å². The zero-order chi connectivity index (χ0) is 21.1. The molecule has 0 spiro atoms. The van der Waals surface area contributed by atoms with E-state index in [9.17, 15) is 9.59 Å². The van der Waals surface area contributed by atoms with Crippen LogP contribution in [-0.2, 0) is 4.79 Å². The largest absolute Gasteiger partial charge is 0.490 e. The maximum Gasteiger partial charge on any atom is 0.293 e. The molecule has 0 bridgehead atoms. The molecule has 4 rings (SSSR count). The number of hydrogen-bond donors (Lipinski definition) is 0. The van der Waals surface area contributed by atoms with E-state index in [0.717, 1.165) is 36.0 Å². The number of para-hydroxylation sites is 1. The van der Waals surface area contributed by atoms with Crippen LogP contribution in [0.1, 0.15) is 24.0 Å². The number of hydrogen-bond acceptors (Lipinski definition) is 5. The number of carbonyl (C=O) groups is 2. The molecule has 2 aromatic rings. The first kappa shape index (κ1) is 20.8. The lowest BCUT2D eigenvalue weighted by Gasteiger charge is -2.18. The number of nitrogens with zero attached hydrogens (tertiary/aromatic N) is 2. The van der Waals surface area contributed by atoms with E-state index >= 15 is 0 Å². The minimum atomic E-state index is -0.282. The molecule has 5 nitrogen and oxygen atoms in total. The van der Waals surface area contributed by atoms with Gasteiger partial charge in [-0.1, -0.05) is 29.8 Å². The highest BCUT2D eigenvalue weighted by Gasteiger charge is 2.35. The summed E-state index contributed by atoms with van der Waals surface area (Å²) in [6.45, 7) is 4.59. The molecule has 0 aromatic heterocycles. The third-order valence-electron chi connectivity index (χ3n) is 5.29. The molecular formula is C23H23ClN2O3S.